The summed E-state index contributed by atoms with van der Waals surface area (Å²) in [7, 11) is 0. The maximum atomic E-state index is 10.9. The Hall–Kier alpha value is -0.150. The van der Waals surface area contributed by atoms with E-state index in [2.05, 4.69) is 15.9 Å². The lowest BCUT2D eigenvalue weighted by molar-refractivity contribution is 0.101. The second-order valence-corrected chi connectivity index (χ2v) is 3.51. The summed E-state index contributed by atoms with van der Waals surface area (Å²) >= 11 is 4.92. The van der Waals surface area contributed by atoms with Gasteiger partial charge in [-0.1, -0.05) is 15.9 Å². The van der Waals surface area contributed by atoms with Gasteiger partial charge in [-0.05, 0) is 18.4 Å². The van der Waals surface area contributed by atoms with Gasteiger partial charge in [-0.2, -0.15) is 0 Å². The van der Waals surface area contributed by atoms with Crippen molar-refractivity contribution in [3.8, 4) is 0 Å². The molecule has 0 atom stereocenters. The third kappa shape index (κ3) is 1.47. The van der Waals surface area contributed by atoms with Gasteiger partial charge in [-0.15, -0.1) is 11.3 Å². The average Bonchev–Trinajstić information content (AvgIpc) is 2.33. The molecule has 1 nitrogen and oxygen atoms in total. The SMILES string of the molecule is CC(=O)c1ccsc1CBr. The molecule has 0 radical (unpaired) electrons. The highest BCUT2D eigenvalue weighted by Gasteiger charge is 2.05. The fourth-order valence-corrected chi connectivity index (χ4v) is 2.23. The number of ketones is 1. The van der Waals surface area contributed by atoms with Gasteiger partial charge in [0.25, 0.3) is 0 Å². The minimum absolute atomic E-state index is 0.149. The van der Waals surface area contributed by atoms with E-state index in [1.165, 1.54) is 0 Å². The second kappa shape index (κ2) is 3.30. The summed E-state index contributed by atoms with van der Waals surface area (Å²) in [5.41, 5.74) is 0.849. The van der Waals surface area contributed by atoms with Crippen LogP contribution in [0.3, 0.4) is 0 Å². The highest BCUT2D eigenvalue weighted by atomic mass is 79.9. The Morgan fingerprint density at radius 3 is 2.90 bits per heavy atom. The molecule has 3 heteroatoms. The van der Waals surface area contributed by atoms with E-state index in [9.17, 15) is 4.79 Å². The third-order valence-corrected chi connectivity index (χ3v) is 3.10. The number of hydrogen-bond donors (Lipinski definition) is 0. The third-order valence-electron chi connectivity index (χ3n) is 1.25. The van der Waals surface area contributed by atoms with Crippen molar-refractivity contribution in [1.82, 2.24) is 0 Å². The minimum Gasteiger partial charge on any atom is -0.294 e. The van der Waals surface area contributed by atoms with Crippen LogP contribution < -0.4 is 0 Å². The molecule has 0 aromatic carbocycles. The smallest absolute Gasteiger partial charge is 0.160 e. The van der Waals surface area contributed by atoms with Crippen LogP contribution in [0.1, 0.15) is 22.2 Å². The Morgan fingerprint density at radius 1 is 1.80 bits per heavy atom. The van der Waals surface area contributed by atoms with Crippen molar-refractivity contribution in [2.75, 3.05) is 0 Å². The standard InChI is InChI=1S/C7H7BrOS/c1-5(9)6-2-3-10-7(6)4-8/h2-3H,4H2,1H3. The summed E-state index contributed by atoms with van der Waals surface area (Å²) in [5.74, 6) is 0.149. The number of rotatable bonds is 2. The molecule has 0 aliphatic heterocycles. The van der Waals surface area contributed by atoms with Gasteiger partial charge in [0.15, 0.2) is 5.78 Å². The van der Waals surface area contributed by atoms with E-state index in [-0.39, 0.29) is 5.78 Å². The quantitative estimate of drug-likeness (QED) is 0.552. The van der Waals surface area contributed by atoms with E-state index in [4.69, 9.17) is 0 Å². The molecule has 0 amide bonds. The zero-order valence-electron chi connectivity index (χ0n) is 5.56. The minimum atomic E-state index is 0.149. The van der Waals surface area contributed by atoms with Crippen LogP contribution in [0.2, 0.25) is 0 Å². The van der Waals surface area contributed by atoms with Crippen molar-refractivity contribution >= 4 is 33.0 Å². The largest absolute Gasteiger partial charge is 0.294 e. The first-order valence-electron chi connectivity index (χ1n) is 2.89. The fraction of sp³-hybridized carbons (Fsp3) is 0.286. The lowest BCUT2D eigenvalue weighted by Crippen LogP contribution is -1.91. The van der Waals surface area contributed by atoms with E-state index < -0.39 is 0 Å². The highest BCUT2D eigenvalue weighted by molar-refractivity contribution is 9.08. The van der Waals surface area contributed by atoms with Crippen molar-refractivity contribution < 1.29 is 4.79 Å². The zero-order valence-corrected chi connectivity index (χ0v) is 7.96. The van der Waals surface area contributed by atoms with Crippen LogP contribution in [0.5, 0.6) is 0 Å². The fourth-order valence-electron chi connectivity index (χ4n) is 0.758. The average molecular weight is 219 g/mol. The summed E-state index contributed by atoms with van der Waals surface area (Å²) in [5, 5.41) is 2.72. The molecular formula is C7H7BrOS. The first-order valence-corrected chi connectivity index (χ1v) is 4.89. The van der Waals surface area contributed by atoms with Crippen molar-refractivity contribution in [3.63, 3.8) is 0 Å². The maximum absolute atomic E-state index is 10.9. The lowest BCUT2D eigenvalue weighted by atomic mass is 10.2. The summed E-state index contributed by atoms with van der Waals surface area (Å²) in [6.45, 7) is 1.59. The summed E-state index contributed by atoms with van der Waals surface area (Å²) < 4.78 is 0. The van der Waals surface area contributed by atoms with Crippen LogP contribution in [-0.2, 0) is 5.33 Å². The zero-order chi connectivity index (χ0) is 7.56. The van der Waals surface area contributed by atoms with Gasteiger partial charge in [-0.25, -0.2) is 0 Å². The van der Waals surface area contributed by atoms with Crippen LogP contribution in [-0.4, -0.2) is 5.78 Å². The van der Waals surface area contributed by atoms with Crippen LogP contribution in [0.25, 0.3) is 0 Å². The number of Topliss-reactive ketones (excluding diaryl/α,β-unsaturated/α-hetero) is 1. The van der Waals surface area contributed by atoms with Gasteiger partial charge in [0.1, 0.15) is 0 Å². The first-order chi connectivity index (χ1) is 4.75. The van der Waals surface area contributed by atoms with E-state index in [1.54, 1.807) is 18.3 Å². The molecule has 0 aliphatic rings. The number of thiophene rings is 1. The number of hydrogen-bond acceptors (Lipinski definition) is 2. The van der Waals surface area contributed by atoms with E-state index in [1.807, 2.05) is 11.4 Å². The van der Waals surface area contributed by atoms with Crippen molar-refractivity contribution in [2.45, 2.75) is 12.3 Å². The molecule has 1 aromatic heterocycles. The molecule has 0 unspecified atom stereocenters. The molecule has 0 aliphatic carbocycles. The van der Waals surface area contributed by atoms with Crippen LogP contribution in [0.15, 0.2) is 11.4 Å². The predicted molar refractivity (Wildman–Crippen MR) is 47.0 cm³/mol. The van der Waals surface area contributed by atoms with Crippen molar-refractivity contribution in [1.29, 1.82) is 0 Å². The molecule has 0 fully saturated rings. The van der Waals surface area contributed by atoms with E-state index in [0.29, 0.717) is 0 Å². The number of halogens is 1. The Morgan fingerprint density at radius 2 is 2.50 bits per heavy atom. The number of carbonyl (C=O) groups is 1. The Balaban J connectivity index is 3.01. The highest BCUT2D eigenvalue weighted by Crippen LogP contribution is 2.19. The monoisotopic (exact) mass is 218 g/mol. The topological polar surface area (TPSA) is 17.1 Å². The van der Waals surface area contributed by atoms with Gasteiger partial charge in [0, 0.05) is 15.8 Å². The molecule has 0 spiro atoms. The molecule has 0 N–H and O–H groups in total. The lowest BCUT2D eigenvalue weighted by Gasteiger charge is -1.91. The molecule has 1 heterocycles. The van der Waals surface area contributed by atoms with Crippen LogP contribution in [0, 0.1) is 0 Å². The molecule has 1 aromatic rings. The van der Waals surface area contributed by atoms with Crippen LogP contribution in [0.4, 0.5) is 0 Å². The molecule has 54 valence electrons. The van der Waals surface area contributed by atoms with Gasteiger partial charge >= 0.3 is 0 Å². The van der Waals surface area contributed by atoms with Crippen molar-refractivity contribution in [2.24, 2.45) is 0 Å². The summed E-state index contributed by atoms with van der Waals surface area (Å²) in [6, 6.07) is 1.86. The second-order valence-electron chi connectivity index (χ2n) is 1.95. The Labute approximate surface area is 72.2 Å². The van der Waals surface area contributed by atoms with Gasteiger partial charge < -0.3 is 0 Å². The normalized spacial score (nSPS) is 9.80. The Kier molecular flexibility index (Phi) is 2.63. The van der Waals surface area contributed by atoms with Crippen LogP contribution >= 0.6 is 27.3 Å². The van der Waals surface area contributed by atoms with E-state index >= 15 is 0 Å². The molecule has 1 rings (SSSR count). The summed E-state index contributed by atoms with van der Waals surface area (Å²) in [4.78, 5) is 12.0. The maximum Gasteiger partial charge on any atom is 0.160 e. The number of alkyl halides is 1. The summed E-state index contributed by atoms with van der Waals surface area (Å²) in [6.07, 6.45) is 0. The molecule has 0 saturated heterocycles. The van der Waals surface area contributed by atoms with E-state index in [0.717, 1.165) is 15.8 Å². The predicted octanol–water partition coefficient (Wildman–Crippen LogP) is 2.85. The Bertz CT molecular complexity index is 242. The number of carbonyl (C=O) groups excluding carboxylic acids is 1. The molecule has 0 saturated carbocycles. The van der Waals surface area contributed by atoms with Gasteiger partial charge in [0.2, 0.25) is 0 Å². The first kappa shape index (κ1) is 7.95. The van der Waals surface area contributed by atoms with Crippen molar-refractivity contribution in [3.05, 3.63) is 21.9 Å². The molecular weight excluding hydrogens is 212 g/mol. The molecule has 0 bridgehead atoms. The van der Waals surface area contributed by atoms with Gasteiger partial charge in [-0.3, -0.25) is 4.79 Å². The molecule has 10 heavy (non-hydrogen) atoms. The van der Waals surface area contributed by atoms with Gasteiger partial charge in [0.05, 0.1) is 0 Å².